The van der Waals surface area contributed by atoms with E-state index in [1.807, 2.05) is 48.5 Å². The minimum atomic E-state index is -0.929. The highest BCUT2D eigenvalue weighted by molar-refractivity contribution is 6.06. The Balaban J connectivity index is 1.65. The summed E-state index contributed by atoms with van der Waals surface area (Å²) in [6.07, 6.45) is -0.929. The molecule has 3 aromatic rings. The topological polar surface area (TPSA) is 73.9 Å². The number of methoxy groups -OCH3 is 2. The number of carbonyl (C=O) groups excluding carboxylic acids is 2. The molecule has 0 saturated heterocycles. The second-order valence-corrected chi connectivity index (χ2v) is 6.47. The molecule has 0 unspecified atom stereocenters. The maximum atomic E-state index is 12.7. The van der Waals surface area contributed by atoms with E-state index in [1.165, 1.54) is 0 Å². The summed E-state index contributed by atoms with van der Waals surface area (Å²) in [5, 5.41) is 4.29. The first-order chi connectivity index (χ1) is 14.0. The van der Waals surface area contributed by atoms with Crippen molar-refractivity contribution in [1.29, 1.82) is 0 Å². The number of esters is 1. The Morgan fingerprint density at radius 1 is 0.897 bits per heavy atom. The number of amides is 1. The Kier molecular flexibility index (Phi) is 6.34. The molecule has 0 heterocycles. The van der Waals surface area contributed by atoms with Gasteiger partial charge in [-0.25, -0.2) is 4.79 Å². The lowest BCUT2D eigenvalue weighted by Crippen LogP contribution is -2.35. The number of rotatable bonds is 7. The van der Waals surface area contributed by atoms with Crippen LogP contribution in [0.25, 0.3) is 10.8 Å². The number of hydrogen-bond acceptors (Lipinski definition) is 5. The minimum Gasteiger partial charge on any atom is -0.497 e. The first kappa shape index (κ1) is 20.2. The van der Waals surface area contributed by atoms with Gasteiger partial charge in [-0.1, -0.05) is 36.4 Å². The minimum absolute atomic E-state index is 0.330. The summed E-state index contributed by atoms with van der Waals surface area (Å²) in [5.41, 5.74) is 1.30. The molecular formula is C23H23NO5. The predicted molar refractivity (Wildman–Crippen MR) is 110 cm³/mol. The summed E-state index contributed by atoms with van der Waals surface area (Å²) in [4.78, 5) is 25.0. The molecular weight excluding hydrogens is 370 g/mol. The van der Waals surface area contributed by atoms with E-state index in [1.54, 1.807) is 33.3 Å². The molecule has 0 aliphatic carbocycles. The van der Waals surface area contributed by atoms with E-state index in [0.717, 1.165) is 16.7 Å². The third kappa shape index (κ3) is 4.66. The fourth-order valence-electron chi connectivity index (χ4n) is 2.98. The number of carbonyl (C=O) groups is 2. The lowest BCUT2D eigenvalue weighted by atomic mass is 10.0. The van der Waals surface area contributed by atoms with Crippen LogP contribution in [-0.2, 0) is 16.1 Å². The highest BCUT2D eigenvalue weighted by Gasteiger charge is 2.21. The molecule has 1 N–H and O–H groups in total. The van der Waals surface area contributed by atoms with Crippen LogP contribution in [-0.4, -0.2) is 32.2 Å². The summed E-state index contributed by atoms with van der Waals surface area (Å²) in [5.74, 6) is 0.486. The Morgan fingerprint density at radius 2 is 1.59 bits per heavy atom. The number of ether oxygens (including phenoxy) is 3. The average molecular weight is 393 g/mol. The van der Waals surface area contributed by atoms with Crippen molar-refractivity contribution in [3.63, 3.8) is 0 Å². The van der Waals surface area contributed by atoms with Crippen LogP contribution in [0.5, 0.6) is 11.5 Å². The third-order valence-electron chi connectivity index (χ3n) is 4.60. The molecule has 6 nitrogen and oxygen atoms in total. The van der Waals surface area contributed by atoms with Gasteiger partial charge in [0.2, 0.25) is 0 Å². The maximum Gasteiger partial charge on any atom is 0.339 e. The molecule has 0 aliphatic heterocycles. The van der Waals surface area contributed by atoms with Crippen molar-refractivity contribution in [2.45, 2.75) is 19.6 Å². The van der Waals surface area contributed by atoms with Gasteiger partial charge in [-0.3, -0.25) is 4.79 Å². The second kappa shape index (κ2) is 9.10. The molecule has 1 amide bonds. The quantitative estimate of drug-likeness (QED) is 0.620. The van der Waals surface area contributed by atoms with Crippen molar-refractivity contribution in [2.24, 2.45) is 0 Å². The smallest absolute Gasteiger partial charge is 0.339 e. The molecule has 29 heavy (non-hydrogen) atoms. The van der Waals surface area contributed by atoms with Gasteiger partial charge in [0.05, 0.1) is 19.8 Å². The van der Waals surface area contributed by atoms with Crippen molar-refractivity contribution >= 4 is 22.6 Å². The van der Waals surface area contributed by atoms with E-state index in [0.29, 0.717) is 23.2 Å². The third-order valence-corrected chi connectivity index (χ3v) is 4.60. The molecule has 0 bridgehead atoms. The van der Waals surface area contributed by atoms with E-state index in [4.69, 9.17) is 14.2 Å². The SMILES string of the molecule is COc1ccc(CNC(=O)[C@H](C)OC(=O)c2ccc(OC)c3ccccc23)cc1. The molecule has 3 aromatic carbocycles. The Hall–Kier alpha value is -3.54. The van der Waals surface area contributed by atoms with Gasteiger partial charge >= 0.3 is 5.97 Å². The summed E-state index contributed by atoms with van der Waals surface area (Å²) in [7, 11) is 3.17. The summed E-state index contributed by atoms with van der Waals surface area (Å²) >= 11 is 0. The first-order valence-electron chi connectivity index (χ1n) is 9.21. The maximum absolute atomic E-state index is 12.7. The fraction of sp³-hybridized carbons (Fsp3) is 0.217. The van der Waals surface area contributed by atoms with Crippen molar-refractivity contribution in [1.82, 2.24) is 5.32 Å². The standard InChI is InChI=1S/C23H23NO5/c1-15(22(25)24-14-16-8-10-17(27-2)11-9-16)29-23(26)20-12-13-21(28-3)19-7-5-4-6-18(19)20/h4-13,15H,14H2,1-3H3,(H,24,25)/t15-/m0/s1. The largest absolute Gasteiger partial charge is 0.497 e. The molecule has 0 fully saturated rings. The highest BCUT2D eigenvalue weighted by atomic mass is 16.5. The van der Waals surface area contributed by atoms with E-state index in [-0.39, 0.29) is 5.91 Å². The van der Waals surface area contributed by atoms with Crippen molar-refractivity contribution < 1.29 is 23.8 Å². The zero-order chi connectivity index (χ0) is 20.8. The number of fused-ring (bicyclic) bond motifs is 1. The van der Waals surface area contributed by atoms with Gasteiger partial charge in [0, 0.05) is 11.9 Å². The van der Waals surface area contributed by atoms with Crippen LogP contribution in [0.1, 0.15) is 22.8 Å². The molecule has 0 aromatic heterocycles. The predicted octanol–water partition coefficient (Wildman–Crippen LogP) is 3.72. The fourth-order valence-corrected chi connectivity index (χ4v) is 2.98. The lowest BCUT2D eigenvalue weighted by molar-refractivity contribution is -0.129. The molecule has 3 rings (SSSR count). The zero-order valence-electron chi connectivity index (χ0n) is 16.6. The van der Waals surface area contributed by atoms with Gasteiger partial charge < -0.3 is 19.5 Å². The Bertz CT molecular complexity index is 1010. The molecule has 150 valence electrons. The van der Waals surface area contributed by atoms with Crippen LogP contribution >= 0.6 is 0 Å². The lowest BCUT2D eigenvalue weighted by Gasteiger charge is -2.15. The average Bonchev–Trinajstić information content (AvgIpc) is 2.76. The monoisotopic (exact) mass is 393 g/mol. The molecule has 0 radical (unpaired) electrons. The van der Waals surface area contributed by atoms with Crippen LogP contribution in [0, 0.1) is 0 Å². The summed E-state index contributed by atoms with van der Waals surface area (Å²) in [6, 6.07) is 18.1. The molecule has 0 aliphatic rings. The van der Waals surface area contributed by atoms with Crippen LogP contribution in [0.4, 0.5) is 0 Å². The molecule has 1 atom stereocenters. The number of nitrogens with one attached hydrogen (secondary N) is 1. The normalized spacial score (nSPS) is 11.6. The molecule has 0 spiro atoms. The van der Waals surface area contributed by atoms with Gasteiger partial charge in [-0.2, -0.15) is 0 Å². The Morgan fingerprint density at radius 3 is 2.24 bits per heavy atom. The van der Waals surface area contributed by atoms with Gasteiger partial charge in [-0.05, 0) is 42.1 Å². The second-order valence-electron chi connectivity index (χ2n) is 6.47. The van der Waals surface area contributed by atoms with E-state index in [2.05, 4.69) is 5.32 Å². The van der Waals surface area contributed by atoms with Crippen LogP contribution in [0.3, 0.4) is 0 Å². The molecule has 6 heteroatoms. The van der Waals surface area contributed by atoms with Gasteiger partial charge in [0.1, 0.15) is 11.5 Å². The number of benzene rings is 3. The van der Waals surface area contributed by atoms with E-state index < -0.39 is 12.1 Å². The molecule has 0 saturated carbocycles. The van der Waals surface area contributed by atoms with Crippen LogP contribution in [0.2, 0.25) is 0 Å². The van der Waals surface area contributed by atoms with Crippen molar-refractivity contribution in [3.8, 4) is 11.5 Å². The highest BCUT2D eigenvalue weighted by Crippen LogP contribution is 2.28. The van der Waals surface area contributed by atoms with E-state index >= 15 is 0 Å². The summed E-state index contributed by atoms with van der Waals surface area (Å²) < 4.78 is 15.9. The van der Waals surface area contributed by atoms with Gasteiger partial charge in [0.15, 0.2) is 6.10 Å². The van der Waals surface area contributed by atoms with Crippen molar-refractivity contribution in [3.05, 3.63) is 71.8 Å². The Labute approximate surface area is 169 Å². The first-order valence-corrected chi connectivity index (χ1v) is 9.21. The van der Waals surface area contributed by atoms with Crippen LogP contribution in [0.15, 0.2) is 60.7 Å². The van der Waals surface area contributed by atoms with Gasteiger partial charge in [0.25, 0.3) is 5.91 Å². The van der Waals surface area contributed by atoms with Gasteiger partial charge in [-0.15, -0.1) is 0 Å². The van der Waals surface area contributed by atoms with E-state index in [9.17, 15) is 9.59 Å². The van der Waals surface area contributed by atoms with Crippen LogP contribution < -0.4 is 14.8 Å². The number of hydrogen-bond donors (Lipinski definition) is 1. The van der Waals surface area contributed by atoms with Crippen molar-refractivity contribution in [2.75, 3.05) is 14.2 Å². The summed E-state index contributed by atoms with van der Waals surface area (Å²) in [6.45, 7) is 1.88. The zero-order valence-corrected chi connectivity index (χ0v) is 16.6.